The largest absolute Gasteiger partial charge is 0.316 e. The minimum absolute atomic E-state index is 0. The van der Waals surface area contributed by atoms with Gasteiger partial charge in [0.1, 0.15) is 5.82 Å². The fraction of sp³-hybridized carbons (Fsp3) is 0. The van der Waals surface area contributed by atoms with Gasteiger partial charge in [-0.15, -0.1) is 28.9 Å². The zero-order valence-corrected chi connectivity index (χ0v) is 17.5. The summed E-state index contributed by atoms with van der Waals surface area (Å²) in [5.41, 5.74) is 1.16. The van der Waals surface area contributed by atoms with Crippen LogP contribution in [0.1, 0.15) is 5.56 Å². The van der Waals surface area contributed by atoms with Gasteiger partial charge in [0.05, 0.1) is 24.3 Å². The smallest absolute Gasteiger partial charge is 0.222 e. The second-order valence-electron chi connectivity index (χ2n) is 6.02. The zero-order valence-electron chi connectivity index (χ0n) is 15.1. The van der Waals surface area contributed by atoms with Crippen molar-refractivity contribution < 1.29 is 28.9 Å². The Morgan fingerprint density at radius 3 is 2.37 bits per heavy atom. The fourth-order valence-electron chi connectivity index (χ4n) is 2.88. The number of halogens is 2. The third-order valence-electron chi connectivity index (χ3n) is 4.27. The minimum Gasteiger partial charge on any atom is -0.316 e. The summed E-state index contributed by atoms with van der Waals surface area (Å²) in [6, 6.07) is 20.2. The van der Waals surface area contributed by atoms with Crippen LogP contribution in [0.3, 0.4) is 0 Å². The van der Waals surface area contributed by atoms with Crippen LogP contribution in [-0.4, -0.2) is 14.8 Å². The van der Waals surface area contributed by atoms with Gasteiger partial charge in [-0.1, -0.05) is 30.3 Å². The Hall–Kier alpha value is -3.71. The Morgan fingerprint density at radius 2 is 1.73 bits per heavy atom. The van der Waals surface area contributed by atoms with Crippen LogP contribution in [0.25, 0.3) is 33.3 Å². The number of hydrogen-bond donors (Lipinski definition) is 0. The molecule has 0 unspecified atom stereocenters. The van der Waals surface area contributed by atoms with Crippen molar-refractivity contribution in [3.63, 3.8) is 0 Å². The van der Waals surface area contributed by atoms with Crippen molar-refractivity contribution >= 4 is 5.69 Å². The Morgan fingerprint density at radius 1 is 1.00 bits per heavy atom. The first kappa shape index (κ1) is 21.0. The molecule has 0 N–H and O–H groups in total. The third kappa shape index (κ3) is 3.75. The third-order valence-corrected chi connectivity index (χ3v) is 4.27. The second-order valence-corrected chi connectivity index (χ2v) is 6.02. The monoisotopic (exact) mass is 575 g/mol. The van der Waals surface area contributed by atoms with Crippen LogP contribution in [0.5, 0.6) is 0 Å². The van der Waals surface area contributed by atoms with Crippen LogP contribution in [0, 0.1) is 35.6 Å². The normalized spacial score (nSPS) is 10.0. The number of para-hydroxylation sites is 1. The van der Waals surface area contributed by atoms with E-state index in [2.05, 4.69) is 21.1 Å². The maximum absolute atomic E-state index is 14.2. The number of rotatable bonds is 3. The number of benzene rings is 3. The molecule has 0 saturated carbocycles. The summed E-state index contributed by atoms with van der Waals surface area (Å²) >= 11 is 0. The van der Waals surface area contributed by atoms with E-state index in [0.29, 0.717) is 22.6 Å². The maximum Gasteiger partial charge on any atom is 0.222 e. The van der Waals surface area contributed by atoms with Crippen LogP contribution in [-0.2, 0) is 20.1 Å². The second kappa shape index (κ2) is 8.75. The molecule has 0 spiro atoms. The van der Waals surface area contributed by atoms with Gasteiger partial charge in [0, 0.05) is 36.9 Å². The Kier molecular flexibility index (Phi) is 6.13. The van der Waals surface area contributed by atoms with E-state index in [9.17, 15) is 8.78 Å². The van der Waals surface area contributed by atoms with Crippen LogP contribution < -0.4 is 0 Å². The summed E-state index contributed by atoms with van der Waals surface area (Å²) in [7, 11) is 0. The van der Waals surface area contributed by atoms with E-state index in [1.807, 2.05) is 18.2 Å². The van der Waals surface area contributed by atoms with Gasteiger partial charge in [-0.2, -0.15) is 5.10 Å². The van der Waals surface area contributed by atoms with E-state index in [-0.39, 0.29) is 37.2 Å². The standard InChI is InChI=1S/C22H10F2N5.Ir/c1-26-20-10-9-15(12-19(20)24)22-28-27-21(29(22)17-5-3-2-4-6-17)14-7-8-16(13-25)18(23)11-14;/h2-6,8-12H;/q-1;. The molecule has 0 aliphatic carbocycles. The van der Waals surface area contributed by atoms with Crippen LogP contribution in [0.2, 0.25) is 0 Å². The average Bonchev–Trinajstić information content (AvgIpc) is 3.19. The van der Waals surface area contributed by atoms with Crippen LogP contribution in [0.15, 0.2) is 60.7 Å². The van der Waals surface area contributed by atoms with E-state index in [4.69, 9.17) is 11.8 Å². The molecular formula is C22H10F2IrN5-. The summed E-state index contributed by atoms with van der Waals surface area (Å²) in [6.07, 6.45) is 0. The molecule has 1 radical (unpaired) electrons. The molecule has 0 saturated heterocycles. The molecule has 0 aliphatic rings. The Labute approximate surface area is 184 Å². The molecule has 1 heterocycles. The predicted molar refractivity (Wildman–Crippen MR) is 102 cm³/mol. The minimum atomic E-state index is -0.696. The molecule has 4 aromatic rings. The van der Waals surface area contributed by atoms with Gasteiger partial charge in [0.25, 0.3) is 0 Å². The van der Waals surface area contributed by atoms with Crippen molar-refractivity contribution in [1.82, 2.24) is 14.8 Å². The van der Waals surface area contributed by atoms with Crippen molar-refractivity contribution in [2.75, 3.05) is 0 Å². The molecule has 0 amide bonds. The molecule has 4 rings (SSSR count). The van der Waals surface area contributed by atoms with E-state index in [1.54, 1.807) is 28.8 Å². The molecule has 1 aromatic heterocycles. The summed E-state index contributed by atoms with van der Waals surface area (Å²) < 4.78 is 30.0. The number of nitriles is 1. The van der Waals surface area contributed by atoms with Crippen LogP contribution >= 0.6 is 0 Å². The Balaban J connectivity index is 0.00000256. The predicted octanol–water partition coefficient (Wildman–Crippen LogP) is 5.10. The first-order valence-electron chi connectivity index (χ1n) is 8.42. The van der Waals surface area contributed by atoms with E-state index < -0.39 is 11.6 Å². The van der Waals surface area contributed by atoms with Crippen molar-refractivity contribution in [3.8, 4) is 34.5 Å². The topological polar surface area (TPSA) is 58.9 Å². The summed E-state index contributed by atoms with van der Waals surface area (Å²) in [6.45, 7) is 7.00. The average molecular weight is 575 g/mol. The quantitative estimate of drug-likeness (QED) is 0.320. The van der Waals surface area contributed by atoms with Gasteiger partial charge in [-0.05, 0) is 18.2 Å². The molecule has 147 valence electrons. The maximum atomic E-state index is 14.2. The summed E-state index contributed by atoms with van der Waals surface area (Å²) in [5, 5.41) is 17.3. The van der Waals surface area contributed by atoms with Gasteiger partial charge < -0.3 is 4.57 Å². The molecule has 3 aromatic carbocycles. The molecule has 0 bridgehead atoms. The summed E-state index contributed by atoms with van der Waals surface area (Å²) in [5.74, 6) is -0.764. The molecule has 0 aliphatic heterocycles. The summed E-state index contributed by atoms with van der Waals surface area (Å²) in [4.78, 5) is 3.12. The molecule has 8 heteroatoms. The van der Waals surface area contributed by atoms with Crippen LogP contribution in [0.4, 0.5) is 14.5 Å². The molecule has 5 nitrogen and oxygen atoms in total. The first-order valence-corrected chi connectivity index (χ1v) is 8.42. The van der Waals surface area contributed by atoms with Crippen molar-refractivity contribution in [2.45, 2.75) is 0 Å². The van der Waals surface area contributed by atoms with Crippen molar-refractivity contribution in [1.29, 1.82) is 5.26 Å². The van der Waals surface area contributed by atoms with Gasteiger partial charge in [-0.25, -0.2) is 18.9 Å². The molecule has 0 atom stereocenters. The Bertz CT molecular complexity index is 1220. The zero-order chi connectivity index (χ0) is 20.4. The number of nitrogens with zero attached hydrogens (tertiary/aromatic N) is 5. The SMILES string of the molecule is [C-]#[N+]c1ccc(-c2nnc(-c3[c-]cc(C#N)c(F)c3)n2-c2ccccc2)cc1F.[Ir]. The fourth-order valence-corrected chi connectivity index (χ4v) is 2.88. The first-order chi connectivity index (χ1) is 14.1. The van der Waals surface area contributed by atoms with Gasteiger partial charge in [-0.3, -0.25) is 0 Å². The van der Waals surface area contributed by atoms with Gasteiger partial charge in [0.15, 0.2) is 5.82 Å². The van der Waals surface area contributed by atoms with E-state index >= 15 is 0 Å². The molecule has 0 fully saturated rings. The molecular weight excluding hydrogens is 564 g/mol. The van der Waals surface area contributed by atoms with E-state index in [1.165, 1.54) is 18.2 Å². The van der Waals surface area contributed by atoms with E-state index in [0.717, 1.165) is 6.07 Å². The van der Waals surface area contributed by atoms with Gasteiger partial charge in [0.2, 0.25) is 5.69 Å². The molecule has 30 heavy (non-hydrogen) atoms. The number of aromatic nitrogens is 3. The van der Waals surface area contributed by atoms with Gasteiger partial charge >= 0.3 is 0 Å². The number of hydrogen-bond acceptors (Lipinski definition) is 3. The van der Waals surface area contributed by atoms with Crippen molar-refractivity contribution in [2.24, 2.45) is 0 Å². The van der Waals surface area contributed by atoms with Crippen molar-refractivity contribution in [3.05, 3.63) is 95.3 Å².